The molecule has 0 aliphatic heterocycles. The van der Waals surface area contributed by atoms with E-state index >= 15 is 0 Å². The van der Waals surface area contributed by atoms with Crippen LogP contribution in [0.25, 0.3) is 10.2 Å². The molecule has 0 aliphatic carbocycles. The SMILES string of the molecule is C[C@@H](NC(=O)OC(C)(C)C)c1nc2ccc(F)cc2s1. The van der Waals surface area contributed by atoms with Gasteiger partial charge < -0.3 is 10.1 Å². The van der Waals surface area contributed by atoms with Crippen LogP contribution in [0.5, 0.6) is 0 Å². The summed E-state index contributed by atoms with van der Waals surface area (Å²) in [6.45, 7) is 7.23. The highest BCUT2D eigenvalue weighted by Crippen LogP contribution is 2.27. The number of alkyl carbamates (subject to hydrolysis) is 1. The van der Waals surface area contributed by atoms with E-state index in [4.69, 9.17) is 4.74 Å². The highest BCUT2D eigenvalue weighted by atomic mass is 32.1. The monoisotopic (exact) mass is 296 g/mol. The van der Waals surface area contributed by atoms with Gasteiger partial charge in [0.1, 0.15) is 16.4 Å². The average molecular weight is 296 g/mol. The van der Waals surface area contributed by atoms with E-state index in [1.165, 1.54) is 23.5 Å². The summed E-state index contributed by atoms with van der Waals surface area (Å²) < 4.78 is 19.1. The number of nitrogens with one attached hydrogen (secondary N) is 1. The second-order valence-electron chi connectivity index (χ2n) is 5.53. The zero-order valence-electron chi connectivity index (χ0n) is 11.9. The lowest BCUT2D eigenvalue weighted by molar-refractivity contribution is 0.0508. The summed E-state index contributed by atoms with van der Waals surface area (Å²) in [4.78, 5) is 16.1. The predicted molar refractivity (Wildman–Crippen MR) is 77.4 cm³/mol. The van der Waals surface area contributed by atoms with Crippen LogP contribution < -0.4 is 5.32 Å². The van der Waals surface area contributed by atoms with Crippen molar-refractivity contribution >= 4 is 27.6 Å². The molecule has 0 saturated carbocycles. The number of carbonyl (C=O) groups excluding carboxylic acids is 1. The lowest BCUT2D eigenvalue weighted by atomic mass is 10.2. The first kappa shape index (κ1) is 14.7. The number of thiazole rings is 1. The van der Waals surface area contributed by atoms with Crippen molar-refractivity contribution in [3.05, 3.63) is 29.0 Å². The topological polar surface area (TPSA) is 51.2 Å². The molecule has 1 heterocycles. The summed E-state index contributed by atoms with van der Waals surface area (Å²) in [5.74, 6) is -0.291. The zero-order valence-corrected chi connectivity index (χ0v) is 12.7. The number of nitrogens with zero attached hydrogens (tertiary/aromatic N) is 1. The van der Waals surface area contributed by atoms with E-state index in [-0.39, 0.29) is 11.9 Å². The van der Waals surface area contributed by atoms with Crippen molar-refractivity contribution in [3.63, 3.8) is 0 Å². The van der Waals surface area contributed by atoms with Crippen molar-refractivity contribution in [1.82, 2.24) is 10.3 Å². The van der Waals surface area contributed by atoms with E-state index < -0.39 is 11.7 Å². The van der Waals surface area contributed by atoms with Gasteiger partial charge >= 0.3 is 6.09 Å². The van der Waals surface area contributed by atoms with Gasteiger partial charge in [-0.15, -0.1) is 11.3 Å². The molecule has 0 aliphatic rings. The fourth-order valence-corrected chi connectivity index (χ4v) is 2.64. The Hall–Kier alpha value is -1.69. The maximum Gasteiger partial charge on any atom is 0.408 e. The molecular formula is C14H17FN2O2S. The molecule has 2 rings (SSSR count). The summed E-state index contributed by atoms with van der Waals surface area (Å²) >= 11 is 1.36. The normalized spacial score (nSPS) is 13.2. The number of aromatic nitrogens is 1. The standard InChI is InChI=1S/C14H17FN2O2S/c1-8(16-13(18)19-14(2,3)4)12-17-10-6-5-9(15)7-11(10)20-12/h5-8H,1-4H3,(H,16,18)/t8-/m1/s1. The van der Waals surface area contributed by atoms with Crippen LogP contribution in [-0.4, -0.2) is 16.7 Å². The van der Waals surface area contributed by atoms with Crippen LogP contribution in [0.2, 0.25) is 0 Å². The van der Waals surface area contributed by atoms with E-state index in [1.807, 2.05) is 6.92 Å². The number of halogens is 1. The summed E-state index contributed by atoms with van der Waals surface area (Å²) in [6, 6.07) is 4.16. The second kappa shape index (κ2) is 5.36. The molecule has 1 aromatic heterocycles. The van der Waals surface area contributed by atoms with Crippen LogP contribution in [0.3, 0.4) is 0 Å². The molecule has 0 radical (unpaired) electrons. The van der Waals surface area contributed by atoms with Crippen LogP contribution in [0.15, 0.2) is 18.2 Å². The molecule has 108 valence electrons. The van der Waals surface area contributed by atoms with Crippen LogP contribution in [-0.2, 0) is 4.74 Å². The Bertz CT molecular complexity index is 634. The van der Waals surface area contributed by atoms with Gasteiger partial charge in [0.2, 0.25) is 0 Å². The van der Waals surface area contributed by atoms with E-state index in [0.717, 1.165) is 15.2 Å². The number of carbonyl (C=O) groups is 1. The third kappa shape index (κ3) is 3.66. The van der Waals surface area contributed by atoms with Crippen LogP contribution in [0.4, 0.5) is 9.18 Å². The molecule has 0 spiro atoms. The molecule has 0 unspecified atom stereocenters. The molecule has 0 saturated heterocycles. The lowest BCUT2D eigenvalue weighted by Gasteiger charge is -2.21. The number of hydrogen-bond donors (Lipinski definition) is 1. The minimum atomic E-state index is -0.541. The summed E-state index contributed by atoms with van der Waals surface area (Å²) in [6.07, 6.45) is -0.490. The Morgan fingerprint density at radius 3 is 2.80 bits per heavy atom. The summed E-state index contributed by atoms with van der Waals surface area (Å²) in [5.41, 5.74) is 0.185. The fraction of sp³-hybridized carbons (Fsp3) is 0.429. The first-order valence-electron chi connectivity index (χ1n) is 6.30. The minimum Gasteiger partial charge on any atom is -0.444 e. The van der Waals surface area contributed by atoms with Gasteiger partial charge in [-0.2, -0.15) is 0 Å². The lowest BCUT2D eigenvalue weighted by Crippen LogP contribution is -2.33. The highest BCUT2D eigenvalue weighted by molar-refractivity contribution is 7.18. The van der Waals surface area contributed by atoms with Crippen LogP contribution in [0.1, 0.15) is 38.7 Å². The smallest absolute Gasteiger partial charge is 0.408 e. The van der Waals surface area contributed by atoms with Crippen molar-refractivity contribution in [2.45, 2.75) is 39.3 Å². The van der Waals surface area contributed by atoms with Crippen molar-refractivity contribution in [1.29, 1.82) is 0 Å². The quantitative estimate of drug-likeness (QED) is 0.910. The van der Waals surface area contributed by atoms with Gasteiger partial charge in [-0.1, -0.05) is 0 Å². The Morgan fingerprint density at radius 1 is 1.45 bits per heavy atom. The number of ether oxygens (including phenoxy) is 1. The highest BCUT2D eigenvalue weighted by Gasteiger charge is 2.20. The number of amides is 1. The fourth-order valence-electron chi connectivity index (χ4n) is 1.65. The average Bonchev–Trinajstić information content (AvgIpc) is 2.68. The third-order valence-electron chi connectivity index (χ3n) is 2.47. The Labute approximate surface area is 121 Å². The van der Waals surface area contributed by atoms with Gasteiger partial charge in [-0.25, -0.2) is 14.2 Å². The zero-order chi connectivity index (χ0) is 14.9. The van der Waals surface area contributed by atoms with Crippen molar-refractivity contribution in [3.8, 4) is 0 Å². The first-order chi connectivity index (χ1) is 9.24. The van der Waals surface area contributed by atoms with E-state index in [9.17, 15) is 9.18 Å². The summed E-state index contributed by atoms with van der Waals surface area (Å²) in [7, 11) is 0. The summed E-state index contributed by atoms with van der Waals surface area (Å²) in [5, 5.41) is 3.44. The molecule has 1 N–H and O–H groups in total. The molecule has 2 aromatic rings. The van der Waals surface area contributed by atoms with Gasteiger partial charge in [-0.3, -0.25) is 0 Å². The van der Waals surface area contributed by atoms with Crippen molar-refractivity contribution in [2.75, 3.05) is 0 Å². The largest absolute Gasteiger partial charge is 0.444 e. The Kier molecular flexibility index (Phi) is 3.94. The number of fused-ring (bicyclic) bond motifs is 1. The van der Waals surface area contributed by atoms with E-state index in [1.54, 1.807) is 26.8 Å². The Balaban J connectivity index is 2.11. The maximum atomic E-state index is 13.1. The molecule has 0 fully saturated rings. The van der Waals surface area contributed by atoms with Gasteiger partial charge in [-0.05, 0) is 45.9 Å². The van der Waals surface area contributed by atoms with Crippen molar-refractivity contribution < 1.29 is 13.9 Å². The molecule has 0 bridgehead atoms. The molecule has 4 nitrogen and oxygen atoms in total. The van der Waals surface area contributed by atoms with Gasteiger partial charge in [0.05, 0.1) is 16.3 Å². The number of rotatable bonds is 2. The van der Waals surface area contributed by atoms with Gasteiger partial charge in [0.25, 0.3) is 0 Å². The van der Waals surface area contributed by atoms with Crippen molar-refractivity contribution in [2.24, 2.45) is 0 Å². The predicted octanol–water partition coefficient (Wildman–Crippen LogP) is 4.02. The molecular weight excluding hydrogens is 279 g/mol. The molecule has 1 atom stereocenters. The third-order valence-corrected chi connectivity index (χ3v) is 3.67. The van der Waals surface area contributed by atoms with E-state index in [2.05, 4.69) is 10.3 Å². The van der Waals surface area contributed by atoms with E-state index in [0.29, 0.717) is 0 Å². The van der Waals surface area contributed by atoms with Gasteiger partial charge in [0.15, 0.2) is 0 Å². The Morgan fingerprint density at radius 2 is 2.15 bits per heavy atom. The molecule has 1 aromatic carbocycles. The number of benzene rings is 1. The maximum absolute atomic E-state index is 13.1. The molecule has 1 amide bonds. The van der Waals surface area contributed by atoms with Crippen LogP contribution in [0, 0.1) is 5.82 Å². The van der Waals surface area contributed by atoms with Gasteiger partial charge in [0, 0.05) is 0 Å². The van der Waals surface area contributed by atoms with Crippen LogP contribution >= 0.6 is 11.3 Å². The minimum absolute atomic E-state index is 0.287. The first-order valence-corrected chi connectivity index (χ1v) is 7.12. The molecule has 6 heteroatoms. The molecule has 20 heavy (non-hydrogen) atoms. The number of hydrogen-bond acceptors (Lipinski definition) is 4. The second-order valence-corrected chi connectivity index (χ2v) is 6.59.